The van der Waals surface area contributed by atoms with Crippen LogP contribution in [0.1, 0.15) is 22.6 Å². The first-order valence-corrected chi connectivity index (χ1v) is 10.0. The van der Waals surface area contributed by atoms with E-state index >= 15 is 0 Å². The second kappa shape index (κ2) is 9.47. The Kier molecular flexibility index (Phi) is 7.32. The third-order valence-corrected chi connectivity index (χ3v) is 5.56. The van der Waals surface area contributed by atoms with Gasteiger partial charge in [0, 0.05) is 23.7 Å². The molecule has 134 valence electrons. The van der Waals surface area contributed by atoms with Gasteiger partial charge in [0.15, 0.2) is 5.69 Å². The smallest absolute Gasteiger partial charge is 0.304 e. The molecule has 0 spiro atoms. The average molecular weight is 383 g/mol. The minimum atomic E-state index is -0.817. The van der Waals surface area contributed by atoms with Crippen LogP contribution in [0.2, 0.25) is 0 Å². The van der Waals surface area contributed by atoms with E-state index in [1.54, 1.807) is 31.2 Å². The lowest BCUT2D eigenvalue weighted by Gasteiger charge is -2.05. The van der Waals surface area contributed by atoms with Crippen LogP contribution >= 0.6 is 21.6 Å². The number of nitrogens with one attached hydrogen (secondary N) is 1. The summed E-state index contributed by atoms with van der Waals surface area (Å²) in [5.41, 5.74) is 1.18. The first-order valence-electron chi connectivity index (χ1n) is 7.55. The fraction of sp³-hybridized carbons (Fsp3) is 0.312. The molecular weight excluding hydrogens is 365 g/mol. The Morgan fingerprint density at radius 3 is 2.72 bits per heavy atom. The summed E-state index contributed by atoms with van der Waals surface area (Å²) in [4.78, 5) is 22.5. The van der Waals surface area contributed by atoms with E-state index in [0.29, 0.717) is 29.4 Å². The molecule has 0 unspecified atom stereocenters. The minimum Gasteiger partial charge on any atom is -0.481 e. The van der Waals surface area contributed by atoms with Gasteiger partial charge < -0.3 is 10.4 Å². The van der Waals surface area contributed by atoms with Gasteiger partial charge in [0.05, 0.1) is 6.42 Å². The standard InChI is InChI=1S/C16H18FN3O3S2/c1-11-10-13(19-20(11)14-5-3-2-4-12(14)17)16(23)18-7-9-25-24-8-6-15(21)22/h2-5,10H,6-9H2,1H3,(H,18,23)(H,21,22). The Labute approximate surface area is 152 Å². The number of aliphatic carboxylic acids is 1. The molecule has 0 fully saturated rings. The molecule has 0 radical (unpaired) electrons. The molecular formula is C16H18FN3O3S2. The fourth-order valence-electron chi connectivity index (χ4n) is 2.00. The molecule has 2 rings (SSSR count). The molecule has 1 amide bonds. The third-order valence-electron chi connectivity index (χ3n) is 3.15. The van der Waals surface area contributed by atoms with Gasteiger partial charge in [0.25, 0.3) is 5.91 Å². The molecule has 0 saturated heterocycles. The lowest BCUT2D eigenvalue weighted by molar-refractivity contribution is -0.136. The first kappa shape index (κ1) is 19.3. The van der Waals surface area contributed by atoms with Crippen molar-refractivity contribution < 1.29 is 19.1 Å². The van der Waals surface area contributed by atoms with E-state index in [4.69, 9.17) is 5.11 Å². The minimum absolute atomic E-state index is 0.122. The Hall–Kier alpha value is -2.00. The molecule has 0 bridgehead atoms. The number of carbonyl (C=O) groups excluding carboxylic acids is 1. The average Bonchev–Trinajstić information content (AvgIpc) is 2.96. The van der Waals surface area contributed by atoms with Crippen molar-refractivity contribution >= 4 is 33.5 Å². The predicted octanol–water partition coefficient (Wildman–Crippen LogP) is 2.91. The Balaban J connectivity index is 1.84. The van der Waals surface area contributed by atoms with E-state index in [1.807, 2.05) is 0 Å². The summed E-state index contributed by atoms with van der Waals surface area (Å²) in [6.07, 6.45) is 0.122. The number of nitrogens with zero attached hydrogens (tertiary/aromatic N) is 2. The number of hydrogen-bond acceptors (Lipinski definition) is 5. The molecule has 6 nitrogen and oxygen atoms in total. The number of benzene rings is 1. The molecule has 0 saturated carbocycles. The van der Waals surface area contributed by atoms with Gasteiger partial charge in [-0.2, -0.15) is 5.10 Å². The van der Waals surface area contributed by atoms with E-state index in [1.165, 1.54) is 32.3 Å². The molecule has 0 aliphatic rings. The molecule has 1 heterocycles. The number of rotatable bonds is 9. The number of amides is 1. The van der Waals surface area contributed by atoms with Crippen LogP contribution in [0.15, 0.2) is 30.3 Å². The van der Waals surface area contributed by atoms with Gasteiger partial charge in [0.2, 0.25) is 0 Å². The van der Waals surface area contributed by atoms with Crippen molar-refractivity contribution in [1.82, 2.24) is 15.1 Å². The molecule has 0 aliphatic carbocycles. The van der Waals surface area contributed by atoms with Crippen LogP contribution in [0.3, 0.4) is 0 Å². The second-order valence-corrected chi connectivity index (χ2v) is 7.78. The highest BCUT2D eigenvalue weighted by Crippen LogP contribution is 2.21. The highest BCUT2D eigenvalue weighted by molar-refractivity contribution is 8.76. The Bertz CT molecular complexity index is 752. The van der Waals surface area contributed by atoms with E-state index in [2.05, 4.69) is 10.4 Å². The number of carboxylic acid groups (broad SMARTS) is 1. The zero-order valence-corrected chi connectivity index (χ0v) is 15.2. The molecule has 1 aromatic carbocycles. The number of carbonyl (C=O) groups is 2. The van der Waals surface area contributed by atoms with Crippen molar-refractivity contribution in [2.24, 2.45) is 0 Å². The molecule has 25 heavy (non-hydrogen) atoms. The molecule has 9 heteroatoms. The summed E-state index contributed by atoms with van der Waals surface area (Å²) in [6.45, 7) is 2.19. The first-order chi connectivity index (χ1) is 12.0. The van der Waals surface area contributed by atoms with Crippen molar-refractivity contribution in [3.05, 3.63) is 47.5 Å². The molecule has 0 atom stereocenters. The highest BCUT2D eigenvalue weighted by Gasteiger charge is 2.14. The normalized spacial score (nSPS) is 10.6. The summed E-state index contributed by atoms with van der Waals surface area (Å²) in [5.74, 6) is -0.365. The van der Waals surface area contributed by atoms with Crippen LogP contribution in [0, 0.1) is 12.7 Å². The van der Waals surface area contributed by atoms with Gasteiger partial charge in [-0.3, -0.25) is 9.59 Å². The largest absolute Gasteiger partial charge is 0.481 e. The van der Waals surface area contributed by atoms with Crippen molar-refractivity contribution in [3.8, 4) is 5.69 Å². The lowest BCUT2D eigenvalue weighted by Crippen LogP contribution is -2.26. The quantitative estimate of drug-likeness (QED) is 0.512. The van der Waals surface area contributed by atoms with E-state index in [9.17, 15) is 14.0 Å². The monoisotopic (exact) mass is 383 g/mol. The molecule has 2 N–H and O–H groups in total. The predicted molar refractivity (Wildman–Crippen MR) is 97.8 cm³/mol. The number of para-hydroxylation sites is 1. The topological polar surface area (TPSA) is 84.2 Å². The van der Waals surface area contributed by atoms with Gasteiger partial charge in [-0.25, -0.2) is 9.07 Å². The van der Waals surface area contributed by atoms with Gasteiger partial charge in [-0.05, 0) is 25.1 Å². The number of aromatic nitrogens is 2. The van der Waals surface area contributed by atoms with Gasteiger partial charge in [0.1, 0.15) is 11.5 Å². The van der Waals surface area contributed by atoms with Crippen LogP contribution < -0.4 is 5.32 Å². The van der Waals surface area contributed by atoms with Crippen LogP contribution in [0.4, 0.5) is 4.39 Å². The fourth-order valence-corrected chi connectivity index (χ4v) is 3.88. The Morgan fingerprint density at radius 1 is 1.28 bits per heavy atom. The van der Waals surface area contributed by atoms with Crippen molar-refractivity contribution in [3.63, 3.8) is 0 Å². The van der Waals surface area contributed by atoms with Crippen LogP contribution in [-0.2, 0) is 4.79 Å². The van der Waals surface area contributed by atoms with E-state index in [0.717, 1.165) is 0 Å². The SMILES string of the molecule is Cc1cc(C(=O)NCCSSCCC(=O)O)nn1-c1ccccc1F. The maximum atomic E-state index is 13.9. The van der Waals surface area contributed by atoms with Crippen molar-refractivity contribution in [2.45, 2.75) is 13.3 Å². The number of aryl methyl sites for hydroxylation is 1. The van der Waals surface area contributed by atoms with Gasteiger partial charge in [-0.15, -0.1) is 0 Å². The van der Waals surface area contributed by atoms with E-state index < -0.39 is 11.8 Å². The third kappa shape index (κ3) is 5.79. The number of carboxylic acids is 1. The van der Waals surface area contributed by atoms with Crippen molar-refractivity contribution in [1.29, 1.82) is 0 Å². The zero-order valence-electron chi connectivity index (χ0n) is 13.6. The van der Waals surface area contributed by atoms with Crippen molar-refractivity contribution in [2.75, 3.05) is 18.1 Å². The summed E-state index contributed by atoms with van der Waals surface area (Å²) in [7, 11) is 2.96. The maximum Gasteiger partial charge on any atom is 0.304 e. The summed E-state index contributed by atoms with van der Waals surface area (Å²) in [6, 6.07) is 7.85. The number of hydrogen-bond donors (Lipinski definition) is 2. The van der Waals surface area contributed by atoms with Crippen LogP contribution in [-0.4, -0.2) is 44.8 Å². The van der Waals surface area contributed by atoms with Crippen LogP contribution in [0.5, 0.6) is 0 Å². The highest BCUT2D eigenvalue weighted by atomic mass is 33.1. The zero-order chi connectivity index (χ0) is 18.2. The summed E-state index contributed by atoms with van der Waals surface area (Å²) >= 11 is 0. The van der Waals surface area contributed by atoms with Gasteiger partial charge in [-0.1, -0.05) is 33.7 Å². The van der Waals surface area contributed by atoms with Gasteiger partial charge >= 0.3 is 5.97 Å². The summed E-state index contributed by atoms with van der Waals surface area (Å²) in [5, 5.41) is 15.4. The van der Waals surface area contributed by atoms with Crippen LogP contribution in [0.25, 0.3) is 5.69 Å². The summed E-state index contributed by atoms with van der Waals surface area (Å²) < 4.78 is 15.3. The molecule has 2 aromatic rings. The molecule has 1 aromatic heterocycles. The van der Waals surface area contributed by atoms with E-state index in [-0.39, 0.29) is 18.0 Å². The maximum absolute atomic E-state index is 13.9. The lowest BCUT2D eigenvalue weighted by atomic mass is 10.3. The molecule has 0 aliphatic heterocycles. The number of halogens is 1. The second-order valence-electron chi connectivity index (χ2n) is 5.08. The Morgan fingerprint density at radius 2 is 2.00 bits per heavy atom.